The van der Waals surface area contributed by atoms with Gasteiger partial charge in [0.15, 0.2) is 0 Å². The largest absolute Gasteiger partial charge is 0.368 e. The SMILES string of the molecule is CCC(CSC)NCC(N)C(N)=O. The molecule has 0 aliphatic heterocycles. The third-order valence-corrected chi connectivity index (χ3v) is 2.59. The van der Waals surface area contributed by atoms with Gasteiger partial charge in [0.1, 0.15) is 0 Å². The number of hydrogen-bond acceptors (Lipinski definition) is 4. The highest BCUT2D eigenvalue weighted by molar-refractivity contribution is 7.98. The van der Waals surface area contributed by atoms with Gasteiger partial charge in [-0.25, -0.2) is 0 Å². The fraction of sp³-hybridized carbons (Fsp3) is 0.875. The van der Waals surface area contributed by atoms with Crippen LogP contribution in [0.4, 0.5) is 0 Å². The van der Waals surface area contributed by atoms with Gasteiger partial charge in [0.05, 0.1) is 6.04 Å². The van der Waals surface area contributed by atoms with Gasteiger partial charge in [0.25, 0.3) is 0 Å². The van der Waals surface area contributed by atoms with Gasteiger partial charge < -0.3 is 16.8 Å². The highest BCUT2D eigenvalue weighted by atomic mass is 32.2. The van der Waals surface area contributed by atoms with Crippen molar-refractivity contribution in [2.45, 2.75) is 25.4 Å². The lowest BCUT2D eigenvalue weighted by atomic mass is 10.2. The lowest BCUT2D eigenvalue weighted by Gasteiger charge is -2.17. The fourth-order valence-corrected chi connectivity index (χ4v) is 1.67. The van der Waals surface area contributed by atoms with Crippen molar-refractivity contribution in [2.75, 3.05) is 18.6 Å². The second-order valence-electron chi connectivity index (χ2n) is 2.98. The van der Waals surface area contributed by atoms with E-state index in [1.165, 1.54) is 0 Å². The molecular weight excluding hydrogens is 186 g/mol. The molecule has 0 fully saturated rings. The van der Waals surface area contributed by atoms with E-state index in [4.69, 9.17) is 11.5 Å². The molecule has 0 saturated carbocycles. The molecule has 0 heterocycles. The quantitative estimate of drug-likeness (QED) is 0.525. The van der Waals surface area contributed by atoms with Crippen LogP contribution in [-0.4, -0.2) is 36.5 Å². The van der Waals surface area contributed by atoms with Crippen LogP contribution in [0.15, 0.2) is 0 Å². The zero-order chi connectivity index (χ0) is 10.3. The maximum atomic E-state index is 10.6. The average Bonchev–Trinajstić information content (AvgIpc) is 2.11. The van der Waals surface area contributed by atoms with Gasteiger partial charge >= 0.3 is 0 Å². The van der Waals surface area contributed by atoms with Gasteiger partial charge in [-0.2, -0.15) is 11.8 Å². The molecule has 0 aliphatic rings. The minimum atomic E-state index is -0.573. The smallest absolute Gasteiger partial charge is 0.235 e. The molecule has 0 aromatic heterocycles. The molecule has 2 atom stereocenters. The highest BCUT2D eigenvalue weighted by Gasteiger charge is 2.11. The number of hydrogen-bond donors (Lipinski definition) is 3. The van der Waals surface area contributed by atoms with Crippen LogP contribution in [0.3, 0.4) is 0 Å². The van der Waals surface area contributed by atoms with Crippen molar-refractivity contribution in [3.63, 3.8) is 0 Å². The number of nitrogens with two attached hydrogens (primary N) is 2. The number of nitrogens with one attached hydrogen (secondary N) is 1. The van der Waals surface area contributed by atoms with E-state index >= 15 is 0 Å². The number of primary amides is 1. The summed E-state index contributed by atoms with van der Waals surface area (Å²) in [5, 5.41) is 3.20. The Hall–Kier alpha value is -0.260. The van der Waals surface area contributed by atoms with Crippen LogP contribution in [0.1, 0.15) is 13.3 Å². The van der Waals surface area contributed by atoms with Gasteiger partial charge in [0.2, 0.25) is 5.91 Å². The number of carbonyl (C=O) groups is 1. The van der Waals surface area contributed by atoms with E-state index in [1.807, 2.05) is 0 Å². The molecule has 0 aromatic carbocycles. The van der Waals surface area contributed by atoms with Gasteiger partial charge in [0, 0.05) is 18.3 Å². The molecule has 0 spiro atoms. The summed E-state index contributed by atoms with van der Waals surface area (Å²) in [6, 6.07) is -0.156. The molecule has 0 radical (unpaired) electrons. The van der Waals surface area contributed by atoms with Crippen molar-refractivity contribution in [1.82, 2.24) is 5.32 Å². The summed E-state index contributed by atoms with van der Waals surface area (Å²) >= 11 is 1.77. The van der Waals surface area contributed by atoms with Gasteiger partial charge in [-0.05, 0) is 12.7 Å². The summed E-state index contributed by atoms with van der Waals surface area (Å²) in [5.74, 6) is 0.577. The molecule has 5 heteroatoms. The lowest BCUT2D eigenvalue weighted by Crippen LogP contribution is -2.47. The lowest BCUT2D eigenvalue weighted by molar-refractivity contribution is -0.119. The Morgan fingerprint density at radius 1 is 1.62 bits per heavy atom. The maximum Gasteiger partial charge on any atom is 0.235 e. The molecule has 1 amide bonds. The third-order valence-electron chi connectivity index (χ3n) is 1.85. The Morgan fingerprint density at radius 3 is 2.62 bits per heavy atom. The van der Waals surface area contributed by atoms with Crippen molar-refractivity contribution in [3.05, 3.63) is 0 Å². The first kappa shape index (κ1) is 12.7. The van der Waals surface area contributed by atoms with Crippen LogP contribution in [0, 0.1) is 0 Å². The molecule has 13 heavy (non-hydrogen) atoms. The Bertz CT molecular complexity index is 154. The van der Waals surface area contributed by atoms with E-state index in [1.54, 1.807) is 11.8 Å². The van der Waals surface area contributed by atoms with Crippen molar-refractivity contribution in [2.24, 2.45) is 11.5 Å². The topological polar surface area (TPSA) is 81.1 Å². The molecule has 0 saturated heterocycles. The van der Waals surface area contributed by atoms with Crippen LogP contribution >= 0.6 is 11.8 Å². The zero-order valence-electron chi connectivity index (χ0n) is 8.25. The minimum absolute atomic E-state index is 0.417. The van der Waals surface area contributed by atoms with E-state index < -0.39 is 11.9 Å². The maximum absolute atomic E-state index is 10.6. The van der Waals surface area contributed by atoms with Gasteiger partial charge in [-0.1, -0.05) is 6.92 Å². The van der Waals surface area contributed by atoms with E-state index in [-0.39, 0.29) is 0 Å². The first-order chi connectivity index (χ1) is 6.11. The third kappa shape index (κ3) is 5.90. The molecule has 78 valence electrons. The fourth-order valence-electron chi connectivity index (χ4n) is 0.917. The molecule has 4 nitrogen and oxygen atoms in total. The van der Waals surface area contributed by atoms with Crippen LogP contribution in [0.2, 0.25) is 0 Å². The van der Waals surface area contributed by atoms with E-state index in [9.17, 15) is 4.79 Å². The van der Waals surface area contributed by atoms with Crippen LogP contribution in [-0.2, 0) is 4.79 Å². The summed E-state index contributed by atoms with van der Waals surface area (Å²) in [5.41, 5.74) is 10.5. The molecule has 0 aromatic rings. The van der Waals surface area contributed by atoms with E-state index in [2.05, 4.69) is 18.5 Å². The second-order valence-corrected chi connectivity index (χ2v) is 3.89. The van der Waals surface area contributed by atoms with Gasteiger partial charge in [-0.3, -0.25) is 4.79 Å². The average molecular weight is 205 g/mol. The van der Waals surface area contributed by atoms with Crippen molar-refractivity contribution < 1.29 is 4.79 Å². The summed E-state index contributed by atoms with van der Waals surface area (Å²) < 4.78 is 0. The Labute approximate surface area is 83.8 Å². The minimum Gasteiger partial charge on any atom is -0.368 e. The number of carbonyl (C=O) groups excluding carboxylic acids is 1. The monoisotopic (exact) mass is 205 g/mol. The first-order valence-corrected chi connectivity index (χ1v) is 5.78. The predicted octanol–water partition coefficient (Wildman–Crippen LogP) is -0.470. The predicted molar refractivity (Wildman–Crippen MR) is 57.6 cm³/mol. The molecular formula is C8H19N3OS. The van der Waals surface area contributed by atoms with Crippen LogP contribution in [0.25, 0.3) is 0 Å². The highest BCUT2D eigenvalue weighted by Crippen LogP contribution is 2.00. The summed E-state index contributed by atoms with van der Waals surface area (Å²) in [7, 11) is 0. The van der Waals surface area contributed by atoms with Crippen LogP contribution < -0.4 is 16.8 Å². The number of rotatable bonds is 7. The zero-order valence-corrected chi connectivity index (χ0v) is 9.06. The van der Waals surface area contributed by atoms with E-state index in [0.29, 0.717) is 12.6 Å². The Morgan fingerprint density at radius 2 is 2.23 bits per heavy atom. The standard InChI is InChI=1S/C8H19N3OS/c1-3-6(5-13-2)11-4-7(9)8(10)12/h6-7,11H,3-5,9H2,1-2H3,(H2,10,12). The first-order valence-electron chi connectivity index (χ1n) is 4.39. The summed E-state index contributed by atoms with van der Waals surface area (Å²) in [6.45, 7) is 2.57. The molecule has 0 rings (SSSR count). The number of amides is 1. The number of thioether (sulfide) groups is 1. The Kier molecular flexibility index (Phi) is 7.03. The Balaban J connectivity index is 3.64. The van der Waals surface area contributed by atoms with Gasteiger partial charge in [-0.15, -0.1) is 0 Å². The summed E-state index contributed by atoms with van der Waals surface area (Å²) in [4.78, 5) is 10.6. The van der Waals surface area contributed by atoms with Crippen molar-refractivity contribution in [1.29, 1.82) is 0 Å². The molecule has 5 N–H and O–H groups in total. The van der Waals surface area contributed by atoms with E-state index in [0.717, 1.165) is 12.2 Å². The molecule has 0 bridgehead atoms. The van der Waals surface area contributed by atoms with Crippen LogP contribution in [0.5, 0.6) is 0 Å². The van der Waals surface area contributed by atoms with Crippen molar-refractivity contribution in [3.8, 4) is 0 Å². The second kappa shape index (κ2) is 7.17. The molecule has 0 aliphatic carbocycles. The molecule has 2 unspecified atom stereocenters. The summed E-state index contributed by atoms with van der Waals surface area (Å²) in [6.07, 6.45) is 3.09. The van der Waals surface area contributed by atoms with Crippen molar-refractivity contribution >= 4 is 17.7 Å². The normalized spacial score (nSPS) is 15.3.